The highest BCUT2D eigenvalue weighted by Gasteiger charge is 2.26. The van der Waals surface area contributed by atoms with E-state index in [4.69, 9.17) is 11.5 Å². The molecule has 1 atom stereocenters. The van der Waals surface area contributed by atoms with Crippen LogP contribution in [0.15, 0.2) is 21.5 Å². The standard InChI is InChI=1S/C13H13BrFNO4S/c1-3-5-9(4-2)16-21(19,20)11-7-8(14)6-10(12(11)15)13(17)18/h2,6-7,9,16H,3,5H2,1H3,(H,17,18). The molecular formula is C13H13BrFNO4S. The molecule has 5 nitrogen and oxygen atoms in total. The molecule has 0 aliphatic heterocycles. The maximum Gasteiger partial charge on any atom is 0.338 e. The average Bonchev–Trinajstić information content (AvgIpc) is 2.39. The molecule has 21 heavy (non-hydrogen) atoms. The minimum Gasteiger partial charge on any atom is -0.478 e. The quantitative estimate of drug-likeness (QED) is 0.745. The topological polar surface area (TPSA) is 83.5 Å². The summed E-state index contributed by atoms with van der Waals surface area (Å²) in [5.41, 5.74) is -0.738. The van der Waals surface area contributed by atoms with Crippen LogP contribution in [0.5, 0.6) is 0 Å². The third-order valence-corrected chi connectivity index (χ3v) is 4.53. The van der Waals surface area contributed by atoms with Gasteiger partial charge in [0.15, 0.2) is 5.82 Å². The van der Waals surface area contributed by atoms with Crippen molar-refractivity contribution in [1.82, 2.24) is 4.72 Å². The van der Waals surface area contributed by atoms with E-state index in [0.29, 0.717) is 12.8 Å². The van der Waals surface area contributed by atoms with Crippen molar-refractivity contribution >= 4 is 31.9 Å². The van der Waals surface area contributed by atoms with Crippen LogP contribution in [0.3, 0.4) is 0 Å². The van der Waals surface area contributed by atoms with E-state index in [9.17, 15) is 17.6 Å². The van der Waals surface area contributed by atoms with E-state index < -0.39 is 38.3 Å². The Balaban J connectivity index is 3.32. The van der Waals surface area contributed by atoms with Gasteiger partial charge in [-0.15, -0.1) is 6.42 Å². The second kappa shape index (κ2) is 7.02. The zero-order chi connectivity index (χ0) is 16.2. The molecule has 114 valence electrons. The summed E-state index contributed by atoms with van der Waals surface area (Å²) in [4.78, 5) is 10.2. The molecular weight excluding hydrogens is 365 g/mol. The van der Waals surface area contributed by atoms with E-state index in [1.807, 2.05) is 6.92 Å². The van der Waals surface area contributed by atoms with Gasteiger partial charge in [-0.2, -0.15) is 4.72 Å². The number of rotatable bonds is 6. The van der Waals surface area contributed by atoms with Crippen LogP contribution < -0.4 is 4.72 Å². The van der Waals surface area contributed by atoms with Crippen molar-refractivity contribution in [2.75, 3.05) is 0 Å². The number of carboxylic acids is 1. The summed E-state index contributed by atoms with van der Waals surface area (Å²) in [5, 5.41) is 8.88. The van der Waals surface area contributed by atoms with Gasteiger partial charge < -0.3 is 5.11 Å². The van der Waals surface area contributed by atoms with Gasteiger partial charge in [0.05, 0.1) is 11.6 Å². The lowest BCUT2D eigenvalue weighted by Crippen LogP contribution is -2.34. The molecule has 0 aromatic heterocycles. The molecule has 0 aliphatic carbocycles. The molecule has 0 radical (unpaired) electrons. The van der Waals surface area contributed by atoms with Crippen LogP contribution in [0.1, 0.15) is 30.1 Å². The van der Waals surface area contributed by atoms with Crippen LogP contribution in [0.2, 0.25) is 0 Å². The lowest BCUT2D eigenvalue weighted by Gasteiger charge is -2.14. The van der Waals surface area contributed by atoms with Crippen molar-refractivity contribution < 1.29 is 22.7 Å². The molecule has 2 N–H and O–H groups in total. The number of carbonyl (C=O) groups is 1. The van der Waals surface area contributed by atoms with Gasteiger partial charge in [0.2, 0.25) is 10.0 Å². The average molecular weight is 378 g/mol. The van der Waals surface area contributed by atoms with Crippen LogP contribution in [-0.2, 0) is 10.0 Å². The van der Waals surface area contributed by atoms with E-state index in [-0.39, 0.29) is 4.47 Å². The molecule has 0 amide bonds. The van der Waals surface area contributed by atoms with Gasteiger partial charge in [-0.05, 0) is 18.6 Å². The number of nitrogens with one attached hydrogen (secondary N) is 1. The first kappa shape index (κ1) is 17.6. The number of hydrogen-bond acceptors (Lipinski definition) is 3. The number of benzene rings is 1. The predicted octanol–water partition coefficient (Wildman–Crippen LogP) is 2.37. The Morgan fingerprint density at radius 3 is 2.67 bits per heavy atom. The Bertz CT molecular complexity index is 697. The number of aromatic carboxylic acids is 1. The first-order valence-corrected chi connectivity index (χ1v) is 8.21. The second-order valence-corrected chi connectivity index (χ2v) is 6.80. The normalized spacial score (nSPS) is 12.7. The molecule has 1 unspecified atom stereocenters. The van der Waals surface area contributed by atoms with Crippen molar-refractivity contribution in [3.8, 4) is 12.3 Å². The fraction of sp³-hybridized carbons (Fsp3) is 0.308. The fourth-order valence-corrected chi connectivity index (χ4v) is 3.56. The molecule has 0 spiro atoms. The Kier molecular flexibility index (Phi) is 5.89. The molecule has 0 aliphatic rings. The maximum atomic E-state index is 14.1. The third-order valence-electron chi connectivity index (χ3n) is 2.60. The molecule has 0 saturated heterocycles. The Hall–Kier alpha value is -1.43. The lowest BCUT2D eigenvalue weighted by molar-refractivity contribution is 0.0691. The zero-order valence-corrected chi connectivity index (χ0v) is 13.5. The van der Waals surface area contributed by atoms with Crippen LogP contribution in [0, 0.1) is 18.2 Å². The monoisotopic (exact) mass is 377 g/mol. The zero-order valence-electron chi connectivity index (χ0n) is 11.1. The van der Waals surface area contributed by atoms with E-state index >= 15 is 0 Å². The van der Waals surface area contributed by atoms with Crippen molar-refractivity contribution in [1.29, 1.82) is 0 Å². The molecule has 0 heterocycles. The molecule has 1 aromatic rings. The van der Waals surface area contributed by atoms with Gasteiger partial charge in [-0.1, -0.05) is 35.2 Å². The second-order valence-electron chi connectivity index (χ2n) is 4.20. The van der Waals surface area contributed by atoms with Gasteiger partial charge in [0.1, 0.15) is 4.90 Å². The smallest absolute Gasteiger partial charge is 0.338 e. The van der Waals surface area contributed by atoms with Crippen molar-refractivity contribution in [3.63, 3.8) is 0 Å². The SMILES string of the molecule is C#CC(CCC)NS(=O)(=O)c1cc(Br)cc(C(=O)O)c1F. The summed E-state index contributed by atoms with van der Waals surface area (Å²) < 4.78 is 40.7. The van der Waals surface area contributed by atoms with Crippen molar-refractivity contribution in [2.45, 2.75) is 30.7 Å². The first-order chi connectivity index (χ1) is 9.72. The maximum absolute atomic E-state index is 14.1. The molecule has 1 rings (SSSR count). The van der Waals surface area contributed by atoms with Gasteiger partial charge in [-0.25, -0.2) is 17.6 Å². The summed E-state index contributed by atoms with van der Waals surface area (Å²) >= 11 is 2.96. The van der Waals surface area contributed by atoms with E-state index in [1.165, 1.54) is 0 Å². The largest absolute Gasteiger partial charge is 0.478 e. The number of hydrogen-bond donors (Lipinski definition) is 2. The summed E-state index contributed by atoms with van der Waals surface area (Å²) in [6.07, 6.45) is 6.24. The Morgan fingerprint density at radius 2 is 2.19 bits per heavy atom. The molecule has 0 fully saturated rings. The van der Waals surface area contributed by atoms with Crippen molar-refractivity contribution in [2.24, 2.45) is 0 Å². The van der Waals surface area contributed by atoms with Gasteiger partial charge >= 0.3 is 5.97 Å². The molecule has 0 saturated carbocycles. The van der Waals surface area contributed by atoms with Crippen LogP contribution >= 0.6 is 15.9 Å². The van der Waals surface area contributed by atoms with Gasteiger partial charge in [-0.3, -0.25) is 0 Å². The summed E-state index contributed by atoms with van der Waals surface area (Å²) in [7, 11) is -4.26. The van der Waals surface area contributed by atoms with Gasteiger partial charge in [0, 0.05) is 4.47 Å². The van der Waals surface area contributed by atoms with Crippen molar-refractivity contribution in [3.05, 3.63) is 28.0 Å². The van der Waals surface area contributed by atoms with Gasteiger partial charge in [0.25, 0.3) is 0 Å². The Morgan fingerprint density at radius 1 is 1.57 bits per heavy atom. The van der Waals surface area contributed by atoms with E-state index in [0.717, 1.165) is 12.1 Å². The third kappa shape index (κ3) is 4.27. The van der Waals surface area contributed by atoms with E-state index in [2.05, 4.69) is 26.6 Å². The van der Waals surface area contributed by atoms with E-state index in [1.54, 1.807) is 0 Å². The lowest BCUT2D eigenvalue weighted by atomic mass is 10.2. The number of terminal acetylenes is 1. The molecule has 0 bridgehead atoms. The predicted molar refractivity (Wildman–Crippen MR) is 78.9 cm³/mol. The Labute approximate surface area is 130 Å². The van der Waals surface area contributed by atoms with Crippen LogP contribution in [0.4, 0.5) is 4.39 Å². The highest BCUT2D eigenvalue weighted by Crippen LogP contribution is 2.24. The summed E-state index contributed by atoms with van der Waals surface area (Å²) in [6, 6.07) is 1.19. The minimum atomic E-state index is -4.26. The molecule has 1 aromatic carbocycles. The highest BCUT2D eigenvalue weighted by atomic mass is 79.9. The summed E-state index contributed by atoms with van der Waals surface area (Å²) in [5.74, 6) is -0.631. The highest BCUT2D eigenvalue weighted by molar-refractivity contribution is 9.10. The fourth-order valence-electron chi connectivity index (χ4n) is 1.63. The number of sulfonamides is 1. The number of carboxylic acid groups (broad SMARTS) is 1. The van der Waals surface area contributed by atoms with Crippen LogP contribution in [-0.4, -0.2) is 25.5 Å². The number of halogens is 2. The first-order valence-electron chi connectivity index (χ1n) is 5.93. The summed E-state index contributed by atoms with van der Waals surface area (Å²) in [6.45, 7) is 1.82. The van der Waals surface area contributed by atoms with Crippen LogP contribution in [0.25, 0.3) is 0 Å². The minimum absolute atomic E-state index is 0.134. The molecule has 8 heteroatoms.